The Kier molecular flexibility index (Phi) is 3.46. The van der Waals surface area contributed by atoms with Gasteiger partial charge in [-0.3, -0.25) is 0 Å². The predicted molar refractivity (Wildman–Crippen MR) is 44.2 cm³/mol. The number of terminal acetylenes is 1. The average molecular weight is 220 g/mol. The van der Waals surface area contributed by atoms with Gasteiger partial charge in [-0.15, -0.1) is 12.3 Å². The summed E-state index contributed by atoms with van der Waals surface area (Å²) in [5.74, 6) is 1.47. The Morgan fingerprint density at radius 1 is 1.64 bits per heavy atom. The highest BCUT2D eigenvalue weighted by atomic mass is 32.3. The van der Waals surface area contributed by atoms with Crippen molar-refractivity contribution in [1.82, 2.24) is 0 Å². The molecule has 0 N–H and O–H groups in total. The van der Waals surface area contributed by atoms with Crippen molar-refractivity contribution in [2.24, 2.45) is 0 Å². The highest BCUT2D eigenvalue weighted by Gasteiger charge is 2.36. The zero-order valence-electron chi connectivity index (χ0n) is 7.13. The van der Waals surface area contributed by atoms with Crippen molar-refractivity contribution in [3.63, 3.8) is 0 Å². The van der Waals surface area contributed by atoms with E-state index in [9.17, 15) is 13.2 Å². The van der Waals surface area contributed by atoms with Crippen molar-refractivity contribution in [2.45, 2.75) is 12.5 Å². The molecule has 0 spiro atoms. The Labute approximate surface area is 81.5 Å². The van der Waals surface area contributed by atoms with E-state index in [2.05, 4.69) is 19.0 Å². The van der Waals surface area contributed by atoms with Gasteiger partial charge in [0.2, 0.25) is 6.10 Å². The maximum absolute atomic E-state index is 11.0. The quantitative estimate of drug-likeness (QED) is 0.352. The summed E-state index contributed by atoms with van der Waals surface area (Å²) in [7, 11) is -4.01. The van der Waals surface area contributed by atoms with Gasteiger partial charge in [-0.25, -0.2) is 13.2 Å². The van der Waals surface area contributed by atoms with E-state index in [1.165, 1.54) is 0 Å². The lowest BCUT2D eigenvalue weighted by Crippen LogP contribution is -2.25. The van der Waals surface area contributed by atoms with Gasteiger partial charge < -0.3 is 4.74 Å². The lowest BCUT2D eigenvalue weighted by Gasteiger charge is -2.04. The molecule has 0 aliphatic carbocycles. The van der Waals surface area contributed by atoms with Crippen molar-refractivity contribution in [2.75, 3.05) is 13.2 Å². The van der Waals surface area contributed by atoms with Crippen molar-refractivity contribution in [3.8, 4) is 12.3 Å². The molecule has 7 heteroatoms. The molecule has 1 aliphatic heterocycles. The van der Waals surface area contributed by atoms with Crippen LogP contribution in [-0.2, 0) is 28.3 Å². The number of ether oxygens (including phenoxy) is 1. The number of carbonyl (C=O) groups excluding carboxylic acids is 1. The number of rotatable bonds is 3. The summed E-state index contributed by atoms with van der Waals surface area (Å²) in [5.41, 5.74) is 0. The van der Waals surface area contributed by atoms with Crippen molar-refractivity contribution >= 4 is 16.4 Å². The van der Waals surface area contributed by atoms with Crippen LogP contribution in [0, 0.1) is 12.3 Å². The van der Waals surface area contributed by atoms with Gasteiger partial charge in [0.15, 0.2) is 0 Å². The minimum absolute atomic E-state index is 0.0369. The van der Waals surface area contributed by atoms with Gasteiger partial charge in [0, 0.05) is 6.42 Å². The van der Waals surface area contributed by atoms with Gasteiger partial charge in [-0.1, -0.05) is 0 Å². The first-order valence-electron chi connectivity index (χ1n) is 3.73. The molecule has 0 aromatic carbocycles. The summed E-state index contributed by atoms with van der Waals surface area (Å²) >= 11 is 0. The first-order chi connectivity index (χ1) is 6.55. The van der Waals surface area contributed by atoms with Gasteiger partial charge in [0.1, 0.15) is 13.2 Å². The molecule has 1 saturated heterocycles. The molecule has 14 heavy (non-hydrogen) atoms. The second-order valence-corrected chi connectivity index (χ2v) is 3.64. The maximum atomic E-state index is 11.0. The van der Waals surface area contributed by atoms with Crippen molar-refractivity contribution in [3.05, 3.63) is 0 Å². The number of esters is 1. The van der Waals surface area contributed by atoms with E-state index in [1.54, 1.807) is 0 Å². The molecule has 1 rings (SSSR count). The Hall–Kier alpha value is -1.10. The fourth-order valence-electron chi connectivity index (χ4n) is 0.754. The van der Waals surface area contributed by atoms with Crippen LogP contribution >= 0.6 is 0 Å². The molecule has 1 aliphatic rings. The van der Waals surface area contributed by atoms with E-state index in [4.69, 9.17) is 6.42 Å². The molecular formula is C7H8O6S. The third-order valence-electron chi connectivity index (χ3n) is 1.35. The Balaban J connectivity index is 2.37. The molecule has 1 unspecified atom stereocenters. The fraction of sp³-hybridized carbons (Fsp3) is 0.571. The minimum Gasteiger partial charge on any atom is -0.463 e. The Morgan fingerprint density at radius 3 is 2.86 bits per heavy atom. The Bertz CT molecular complexity index is 351. The molecule has 1 heterocycles. The number of hydrogen-bond acceptors (Lipinski definition) is 6. The van der Waals surface area contributed by atoms with Crippen LogP contribution in [0.3, 0.4) is 0 Å². The topological polar surface area (TPSA) is 78.9 Å². The summed E-state index contributed by atoms with van der Waals surface area (Å²) in [6.07, 6.45) is 3.98. The summed E-state index contributed by atoms with van der Waals surface area (Å²) in [4.78, 5) is 11.0. The maximum Gasteiger partial charge on any atom is 0.400 e. The summed E-state index contributed by atoms with van der Waals surface area (Å²) in [6.45, 7) is -0.313. The molecule has 6 nitrogen and oxygen atoms in total. The van der Waals surface area contributed by atoms with Crippen LogP contribution in [0.4, 0.5) is 0 Å². The van der Waals surface area contributed by atoms with Gasteiger partial charge in [-0.2, -0.15) is 8.42 Å². The highest BCUT2D eigenvalue weighted by Crippen LogP contribution is 2.13. The molecule has 0 radical (unpaired) electrons. The van der Waals surface area contributed by atoms with Crippen LogP contribution in [0.25, 0.3) is 0 Å². The average Bonchev–Trinajstić information content (AvgIpc) is 2.46. The molecule has 0 aromatic rings. The van der Waals surface area contributed by atoms with Gasteiger partial charge in [-0.05, 0) is 0 Å². The molecule has 1 atom stereocenters. The van der Waals surface area contributed by atoms with Crippen LogP contribution < -0.4 is 0 Å². The number of hydrogen-bond donors (Lipinski definition) is 0. The largest absolute Gasteiger partial charge is 0.463 e. The smallest absolute Gasteiger partial charge is 0.400 e. The van der Waals surface area contributed by atoms with E-state index in [0.717, 1.165) is 0 Å². The van der Waals surface area contributed by atoms with E-state index in [-0.39, 0.29) is 19.6 Å². The molecule has 78 valence electrons. The molecule has 0 saturated carbocycles. The zero-order chi connectivity index (χ0) is 10.6. The van der Waals surface area contributed by atoms with Crippen LogP contribution in [0.15, 0.2) is 0 Å². The normalized spacial score (nSPS) is 24.1. The number of carbonyl (C=O) groups is 1. The molecular weight excluding hydrogens is 212 g/mol. The third-order valence-corrected chi connectivity index (χ3v) is 2.24. The van der Waals surface area contributed by atoms with Crippen molar-refractivity contribution < 1.29 is 26.3 Å². The second-order valence-electron chi connectivity index (χ2n) is 2.40. The fourth-order valence-corrected chi connectivity index (χ4v) is 1.52. The lowest BCUT2D eigenvalue weighted by atomic mass is 10.4. The summed E-state index contributed by atoms with van der Waals surface area (Å²) < 4.78 is 34.2. The van der Waals surface area contributed by atoms with E-state index < -0.39 is 22.5 Å². The standard InChI is InChI=1S/C7H8O6S/c1-2-3-4-11-7(8)6-5-12-14(9,10)13-6/h1,6H,3-5H2. The monoisotopic (exact) mass is 220 g/mol. The van der Waals surface area contributed by atoms with Crippen LogP contribution in [-0.4, -0.2) is 33.7 Å². The van der Waals surface area contributed by atoms with Gasteiger partial charge in [0.25, 0.3) is 0 Å². The molecule has 0 amide bonds. The predicted octanol–water partition coefficient (Wildman–Crippen LogP) is -0.787. The summed E-state index contributed by atoms with van der Waals surface area (Å²) in [6, 6.07) is 0. The van der Waals surface area contributed by atoms with Crippen LogP contribution in [0.2, 0.25) is 0 Å². The third kappa shape index (κ3) is 2.99. The minimum atomic E-state index is -4.01. The summed E-state index contributed by atoms with van der Waals surface area (Å²) in [5, 5.41) is 0. The molecule has 0 bridgehead atoms. The van der Waals surface area contributed by atoms with Crippen LogP contribution in [0.1, 0.15) is 6.42 Å². The second kappa shape index (κ2) is 4.41. The molecule has 0 aromatic heterocycles. The SMILES string of the molecule is C#CCCOC(=O)C1COS(=O)(=O)O1. The van der Waals surface area contributed by atoms with Crippen LogP contribution in [0.5, 0.6) is 0 Å². The zero-order valence-corrected chi connectivity index (χ0v) is 7.95. The van der Waals surface area contributed by atoms with E-state index in [0.29, 0.717) is 0 Å². The van der Waals surface area contributed by atoms with E-state index in [1.807, 2.05) is 0 Å². The molecule has 1 fully saturated rings. The van der Waals surface area contributed by atoms with E-state index >= 15 is 0 Å². The van der Waals surface area contributed by atoms with Crippen molar-refractivity contribution in [1.29, 1.82) is 0 Å². The van der Waals surface area contributed by atoms with Gasteiger partial charge >= 0.3 is 16.4 Å². The first kappa shape index (κ1) is 11.0. The Morgan fingerprint density at radius 2 is 2.36 bits per heavy atom. The van der Waals surface area contributed by atoms with Gasteiger partial charge in [0.05, 0.1) is 0 Å². The first-order valence-corrected chi connectivity index (χ1v) is 5.06. The lowest BCUT2D eigenvalue weighted by molar-refractivity contribution is -0.150. The highest BCUT2D eigenvalue weighted by molar-refractivity contribution is 7.82.